The van der Waals surface area contributed by atoms with Crippen LogP contribution in [0.4, 0.5) is 4.79 Å². The number of primary amides is 1. The van der Waals surface area contributed by atoms with Crippen LogP contribution in [0.25, 0.3) is 0 Å². The van der Waals surface area contributed by atoms with Crippen molar-refractivity contribution in [2.24, 2.45) is 5.73 Å². The summed E-state index contributed by atoms with van der Waals surface area (Å²) in [6, 6.07) is 6.56. The molecule has 0 fully saturated rings. The minimum Gasteiger partial charge on any atom is -0.352 e. The van der Waals surface area contributed by atoms with Crippen molar-refractivity contribution in [2.45, 2.75) is 39.2 Å². The molecule has 5 nitrogen and oxygen atoms in total. The van der Waals surface area contributed by atoms with E-state index in [2.05, 4.69) is 17.6 Å². The van der Waals surface area contributed by atoms with E-state index in [1.807, 2.05) is 12.1 Å². The molecule has 1 aromatic carbocycles. The average molecular weight is 277 g/mol. The lowest BCUT2D eigenvalue weighted by Crippen LogP contribution is -2.28. The van der Waals surface area contributed by atoms with Gasteiger partial charge in [-0.15, -0.1) is 0 Å². The molecule has 0 heterocycles. The van der Waals surface area contributed by atoms with E-state index >= 15 is 0 Å². The normalized spacial score (nSPS) is 10.1. The highest BCUT2D eigenvalue weighted by Crippen LogP contribution is 2.05. The van der Waals surface area contributed by atoms with Crippen LogP contribution in [0, 0.1) is 0 Å². The van der Waals surface area contributed by atoms with Gasteiger partial charge in [0.05, 0.1) is 0 Å². The lowest BCUT2D eigenvalue weighted by atomic mass is 10.1. The number of amides is 3. The Kier molecular flexibility index (Phi) is 7.17. The topological polar surface area (TPSA) is 84.2 Å². The molecule has 1 rings (SSSR count). The largest absolute Gasteiger partial charge is 0.352 e. The minimum absolute atomic E-state index is 0.0593. The van der Waals surface area contributed by atoms with Crippen LogP contribution in [-0.2, 0) is 6.54 Å². The number of nitrogens with two attached hydrogens (primary N) is 1. The van der Waals surface area contributed by atoms with Crippen molar-refractivity contribution < 1.29 is 9.59 Å². The first-order chi connectivity index (χ1) is 9.63. The molecule has 0 spiro atoms. The van der Waals surface area contributed by atoms with Crippen molar-refractivity contribution in [1.82, 2.24) is 10.6 Å². The summed E-state index contributed by atoms with van der Waals surface area (Å²) in [5, 5.41) is 5.40. The van der Waals surface area contributed by atoms with E-state index in [4.69, 9.17) is 5.73 Å². The molecule has 3 amide bonds. The standard InChI is InChI=1S/C15H23N3O2/c1-2-3-4-5-10-17-14(19)13-8-6-12(7-9-13)11-18-15(16)20/h6-9H,2-5,10-11H2,1H3,(H,17,19)(H3,16,18,20). The molecule has 4 N–H and O–H groups in total. The first-order valence-electron chi connectivity index (χ1n) is 7.04. The van der Waals surface area contributed by atoms with Crippen LogP contribution in [0.5, 0.6) is 0 Å². The predicted molar refractivity (Wildman–Crippen MR) is 79.3 cm³/mol. The molecular weight excluding hydrogens is 254 g/mol. The van der Waals surface area contributed by atoms with Crippen molar-refractivity contribution in [3.8, 4) is 0 Å². The van der Waals surface area contributed by atoms with Crippen molar-refractivity contribution >= 4 is 11.9 Å². The van der Waals surface area contributed by atoms with Crippen LogP contribution in [0.3, 0.4) is 0 Å². The number of carbonyl (C=O) groups excluding carboxylic acids is 2. The maximum absolute atomic E-state index is 11.9. The first-order valence-corrected chi connectivity index (χ1v) is 7.04. The predicted octanol–water partition coefficient (Wildman–Crippen LogP) is 2.17. The van der Waals surface area contributed by atoms with Crippen LogP contribution in [0.15, 0.2) is 24.3 Å². The zero-order chi connectivity index (χ0) is 14.8. The van der Waals surface area contributed by atoms with Gasteiger partial charge in [0.2, 0.25) is 0 Å². The Hall–Kier alpha value is -2.04. The van der Waals surface area contributed by atoms with E-state index in [1.54, 1.807) is 12.1 Å². The summed E-state index contributed by atoms with van der Waals surface area (Å²) in [7, 11) is 0. The molecule has 5 heteroatoms. The summed E-state index contributed by atoms with van der Waals surface area (Å²) in [5.41, 5.74) is 6.53. The Labute approximate surface area is 119 Å². The summed E-state index contributed by atoms with van der Waals surface area (Å²) < 4.78 is 0. The molecule has 1 aromatic rings. The molecule has 0 aliphatic heterocycles. The first kappa shape index (κ1) is 16.0. The van der Waals surface area contributed by atoms with E-state index in [9.17, 15) is 9.59 Å². The summed E-state index contributed by atoms with van der Waals surface area (Å²) >= 11 is 0. The fourth-order valence-corrected chi connectivity index (χ4v) is 1.82. The third-order valence-electron chi connectivity index (χ3n) is 3.00. The number of unbranched alkanes of at least 4 members (excludes halogenated alkanes) is 3. The maximum Gasteiger partial charge on any atom is 0.312 e. The summed E-state index contributed by atoms with van der Waals surface area (Å²) in [4.78, 5) is 22.4. The third kappa shape index (κ3) is 6.22. The van der Waals surface area contributed by atoms with Crippen molar-refractivity contribution in [3.05, 3.63) is 35.4 Å². The molecule has 0 aromatic heterocycles. The second-order valence-electron chi connectivity index (χ2n) is 4.73. The number of hydrogen-bond acceptors (Lipinski definition) is 2. The van der Waals surface area contributed by atoms with E-state index in [1.165, 1.54) is 12.8 Å². The monoisotopic (exact) mass is 277 g/mol. The van der Waals surface area contributed by atoms with Crippen LogP contribution in [0.1, 0.15) is 48.5 Å². The Morgan fingerprint density at radius 1 is 1.05 bits per heavy atom. The van der Waals surface area contributed by atoms with Gasteiger partial charge in [0.15, 0.2) is 0 Å². The van der Waals surface area contributed by atoms with Gasteiger partial charge >= 0.3 is 6.03 Å². The quantitative estimate of drug-likeness (QED) is 0.636. The summed E-state index contributed by atoms with van der Waals surface area (Å²) in [6.45, 7) is 3.24. The molecule has 0 atom stereocenters. The van der Waals surface area contributed by atoms with E-state index in [-0.39, 0.29) is 5.91 Å². The Morgan fingerprint density at radius 2 is 1.75 bits per heavy atom. The van der Waals surface area contributed by atoms with Crippen LogP contribution < -0.4 is 16.4 Å². The van der Waals surface area contributed by atoms with Gasteiger partial charge in [-0.05, 0) is 24.1 Å². The second-order valence-corrected chi connectivity index (χ2v) is 4.73. The smallest absolute Gasteiger partial charge is 0.312 e. The number of hydrogen-bond donors (Lipinski definition) is 3. The molecule has 0 saturated heterocycles. The SMILES string of the molecule is CCCCCCNC(=O)c1ccc(CNC(N)=O)cc1. The Bertz CT molecular complexity index is 429. The fraction of sp³-hybridized carbons (Fsp3) is 0.467. The Balaban J connectivity index is 2.35. The highest BCUT2D eigenvalue weighted by molar-refractivity contribution is 5.94. The molecule has 0 aliphatic rings. The maximum atomic E-state index is 11.9. The van der Waals surface area contributed by atoms with Crippen molar-refractivity contribution in [3.63, 3.8) is 0 Å². The second kappa shape index (κ2) is 8.96. The molecule has 20 heavy (non-hydrogen) atoms. The van der Waals surface area contributed by atoms with Crippen LogP contribution >= 0.6 is 0 Å². The highest BCUT2D eigenvalue weighted by Gasteiger charge is 2.04. The highest BCUT2D eigenvalue weighted by atomic mass is 16.2. The number of benzene rings is 1. The van der Waals surface area contributed by atoms with Crippen molar-refractivity contribution in [2.75, 3.05) is 6.54 Å². The van der Waals surface area contributed by atoms with Gasteiger partial charge < -0.3 is 16.4 Å². The van der Waals surface area contributed by atoms with Crippen LogP contribution in [0.2, 0.25) is 0 Å². The van der Waals surface area contributed by atoms with Crippen molar-refractivity contribution in [1.29, 1.82) is 0 Å². The number of nitrogens with one attached hydrogen (secondary N) is 2. The van der Waals surface area contributed by atoms with Crippen LogP contribution in [-0.4, -0.2) is 18.5 Å². The molecular formula is C15H23N3O2. The van der Waals surface area contributed by atoms with Gasteiger partial charge in [-0.1, -0.05) is 38.3 Å². The zero-order valence-electron chi connectivity index (χ0n) is 11.9. The van der Waals surface area contributed by atoms with Gasteiger partial charge in [0.1, 0.15) is 0 Å². The summed E-state index contributed by atoms with van der Waals surface area (Å²) in [6.07, 6.45) is 4.56. The van der Waals surface area contributed by atoms with E-state index < -0.39 is 6.03 Å². The molecule has 0 aliphatic carbocycles. The minimum atomic E-state index is -0.557. The van der Waals surface area contributed by atoms with Gasteiger partial charge in [-0.25, -0.2) is 4.79 Å². The van der Waals surface area contributed by atoms with Gasteiger partial charge in [-0.2, -0.15) is 0 Å². The van der Waals surface area contributed by atoms with Gasteiger partial charge in [0.25, 0.3) is 5.91 Å². The Morgan fingerprint density at radius 3 is 2.35 bits per heavy atom. The molecule has 0 unspecified atom stereocenters. The third-order valence-corrected chi connectivity index (χ3v) is 3.00. The molecule has 110 valence electrons. The number of urea groups is 1. The fourth-order valence-electron chi connectivity index (χ4n) is 1.82. The van der Waals surface area contributed by atoms with E-state index in [0.717, 1.165) is 18.4 Å². The van der Waals surface area contributed by atoms with Gasteiger partial charge in [-0.3, -0.25) is 4.79 Å². The average Bonchev–Trinajstić information content (AvgIpc) is 2.45. The number of rotatable bonds is 8. The lowest BCUT2D eigenvalue weighted by molar-refractivity contribution is 0.0953. The molecule has 0 radical (unpaired) electrons. The van der Waals surface area contributed by atoms with E-state index in [0.29, 0.717) is 18.7 Å². The summed E-state index contributed by atoms with van der Waals surface area (Å²) in [5.74, 6) is -0.0593. The lowest BCUT2D eigenvalue weighted by Gasteiger charge is -2.06. The molecule has 0 saturated carbocycles. The van der Waals surface area contributed by atoms with Gasteiger partial charge in [0, 0.05) is 18.7 Å². The number of carbonyl (C=O) groups is 2. The molecule has 0 bridgehead atoms. The zero-order valence-corrected chi connectivity index (χ0v) is 11.9.